The van der Waals surface area contributed by atoms with E-state index in [0.717, 1.165) is 0 Å². The van der Waals surface area contributed by atoms with Crippen LogP contribution in [0.4, 0.5) is 11.4 Å². The number of methoxy groups -OCH3 is 1. The Balaban J connectivity index is 2.46. The highest BCUT2D eigenvalue weighted by Crippen LogP contribution is 2.27. The van der Waals surface area contributed by atoms with Crippen molar-refractivity contribution in [2.24, 2.45) is 0 Å². The van der Waals surface area contributed by atoms with Crippen molar-refractivity contribution < 1.29 is 14.5 Å². The summed E-state index contributed by atoms with van der Waals surface area (Å²) < 4.78 is 4.51. The highest BCUT2D eigenvalue weighted by Gasteiger charge is 2.13. The molecule has 0 radical (unpaired) electrons. The second kappa shape index (κ2) is 8.38. The molecule has 0 bridgehead atoms. The normalized spacial score (nSPS) is 9.81. The van der Waals surface area contributed by atoms with Gasteiger partial charge < -0.3 is 15.4 Å². The van der Waals surface area contributed by atoms with E-state index in [1.54, 1.807) is 6.07 Å². The second-order valence-electron chi connectivity index (χ2n) is 3.98. The summed E-state index contributed by atoms with van der Waals surface area (Å²) >= 11 is 10.8. The highest BCUT2D eigenvalue weighted by molar-refractivity contribution is 7.80. The van der Waals surface area contributed by atoms with Gasteiger partial charge >= 0.3 is 5.97 Å². The maximum Gasteiger partial charge on any atom is 0.305 e. The minimum atomic E-state index is -0.569. The van der Waals surface area contributed by atoms with Crippen LogP contribution in [0, 0.1) is 10.1 Å². The van der Waals surface area contributed by atoms with Crippen molar-refractivity contribution in [3.63, 3.8) is 0 Å². The molecule has 0 fully saturated rings. The van der Waals surface area contributed by atoms with E-state index >= 15 is 0 Å². The summed E-state index contributed by atoms with van der Waals surface area (Å²) in [6, 6.07) is 4.30. The molecule has 7 nitrogen and oxygen atoms in total. The van der Waals surface area contributed by atoms with Crippen LogP contribution in [0.3, 0.4) is 0 Å². The zero-order valence-corrected chi connectivity index (χ0v) is 12.8. The van der Waals surface area contributed by atoms with E-state index in [-0.39, 0.29) is 16.7 Å². The molecule has 114 valence electrons. The van der Waals surface area contributed by atoms with Gasteiger partial charge in [-0.1, -0.05) is 11.6 Å². The quantitative estimate of drug-likeness (QED) is 0.272. The molecule has 0 atom stereocenters. The molecule has 0 aliphatic heterocycles. The third kappa shape index (κ3) is 5.92. The molecule has 21 heavy (non-hydrogen) atoms. The molecule has 0 heterocycles. The number of thiocarbonyl (C=S) groups is 1. The molecule has 9 heteroatoms. The van der Waals surface area contributed by atoms with Crippen molar-refractivity contribution in [2.75, 3.05) is 19.0 Å². The number of halogens is 1. The van der Waals surface area contributed by atoms with Crippen LogP contribution in [0.25, 0.3) is 0 Å². The Bertz CT molecular complexity index is 553. The lowest BCUT2D eigenvalue weighted by molar-refractivity contribution is -0.384. The first-order chi connectivity index (χ1) is 9.93. The summed E-state index contributed by atoms with van der Waals surface area (Å²) in [5.41, 5.74) is 0.256. The predicted octanol–water partition coefficient (Wildman–Crippen LogP) is 2.49. The lowest BCUT2D eigenvalue weighted by Gasteiger charge is -2.10. The van der Waals surface area contributed by atoms with E-state index in [4.69, 9.17) is 23.8 Å². The topological polar surface area (TPSA) is 93.5 Å². The second-order valence-corrected chi connectivity index (χ2v) is 4.80. The first-order valence-corrected chi connectivity index (χ1v) is 6.78. The van der Waals surface area contributed by atoms with Crippen LogP contribution in [-0.4, -0.2) is 29.7 Å². The van der Waals surface area contributed by atoms with E-state index < -0.39 is 4.92 Å². The minimum Gasteiger partial charge on any atom is -0.469 e. The Hall–Kier alpha value is -1.93. The number of rotatable bonds is 6. The molecule has 1 aromatic rings. The maximum absolute atomic E-state index is 10.9. The van der Waals surface area contributed by atoms with Gasteiger partial charge in [0.25, 0.3) is 5.69 Å². The van der Waals surface area contributed by atoms with E-state index in [1.807, 2.05) is 0 Å². The number of nitro benzene ring substituents is 1. The van der Waals surface area contributed by atoms with Crippen molar-refractivity contribution in [2.45, 2.75) is 12.8 Å². The summed E-state index contributed by atoms with van der Waals surface area (Å²) in [6.45, 7) is 0.483. The number of carbonyl (C=O) groups is 1. The van der Waals surface area contributed by atoms with Crippen molar-refractivity contribution in [1.29, 1.82) is 0 Å². The van der Waals surface area contributed by atoms with E-state index in [1.165, 1.54) is 19.2 Å². The van der Waals surface area contributed by atoms with Gasteiger partial charge in [-0.05, 0) is 30.8 Å². The first kappa shape index (κ1) is 17.1. The summed E-state index contributed by atoms with van der Waals surface area (Å²) in [6.07, 6.45) is 0.855. The molecule has 0 aliphatic rings. The molecule has 0 amide bonds. The van der Waals surface area contributed by atoms with Crippen LogP contribution in [0.5, 0.6) is 0 Å². The van der Waals surface area contributed by atoms with Gasteiger partial charge in [0.2, 0.25) is 0 Å². The molecule has 1 aromatic carbocycles. The molecule has 0 saturated heterocycles. The van der Waals surface area contributed by atoms with Gasteiger partial charge in [0.05, 0.1) is 12.0 Å². The number of nitrogens with zero attached hydrogens (tertiary/aromatic N) is 1. The van der Waals surface area contributed by atoms with Crippen LogP contribution >= 0.6 is 23.8 Å². The van der Waals surface area contributed by atoms with Gasteiger partial charge in [0, 0.05) is 24.7 Å². The van der Waals surface area contributed by atoms with E-state index in [2.05, 4.69) is 15.4 Å². The van der Waals surface area contributed by atoms with Crippen LogP contribution in [0.1, 0.15) is 12.8 Å². The van der Waals surface area contributed by atoms with Crippen LogP contribution < -0.4 is 10.6 Å². The number of nitro groups is 1. The monoisotopic (exact) mass is 331 g/mol. The van der Waals surface area contributed by atoms with Crippen molar-refractivity contribution >= 4 is 46.3 Å². The third-order valence-electron chi connectivity index (χ3n) is 2.47. The van der Waals surface area contributed by atoms with Gasteiger partial charge in [0.1, 0.15) is 5.02 Å². The molecule has 2 N–H and O–H groups in total. The Morgan fingerprint density at radius 1 is 1.52 bits per heavy atom. The third-order valence-corrected chi connectivity index (χ3v) is 3.04. The van der Waals surface area contributed by atoms with Gasteiger partial charge in [-0.2, -0.15) is 0 Å². The number of hydrogen-bond donors (Lipinski definition) is 2. The zero-order valence-electron chi connectivity index (χ0n) is 11.2. The van der Waals surface area contributed by atoms with Crippen LogP contribution in [0.2, 0.25) is 5.02 Å². The fourth-order valence-corrected chi connectivity index (χ4v) is 1.85. The van der Waals surface area contributed by atoms with Gasteiger partial charge in [-0.15, -0.1) is 0 Å². The van der Waals surface area contributed by atoms with Crippen molar-refractivity contribution in [1.82, 2.24) is 5.32 Å². The lowest BCUT2D eigenvalue weighted by atomic mass is 10.3. The number of anilines is 1. The number of hydrogen-bond acceptors (Lipinski definition) is 5. The number of nitrogens with one attached hydrogen (secondary N) is 2. The highest BCUT2D eigenvalue weighted by atomic mass is 35.5. The van der Waals surface area contributed by atoms with Crippen molar-refractivity contribution in [3.05, 3.63) is 33.3 Å². The van der Waals surface area contributed by atoms with E-state index in [9.17, 15) is 14.9 Å². The minimum absolute atomic E-state index is 0.0579. The predicted molar refractivity (Wildman–Crippen MR) is 83.6 cm³/mol. The molecule has 0 spiro atoms. The summed E-state index contributed by atoms with van der Waals surface area (Å²) in [7, 11) is 1.33. The molecule has 0 saturated carbocycles. The number of benzene rings is 1. The van der Waals surface area contributed by atoms with Crippen LogP contribution in [-0.2, 0) is 9.53 Å². The summed E-state index contributed by atoms with van der Waals surface area (Å²) in [5.74, 6) is -0.288. The average molecular weight is 332 g/mol. The molecular formula is C12H14ClN3O4S. The Labute approximate surface area is 131 Å². The Morgan fingerprint density at radius 2 is 2.24 bits per heavy atom. The standard InChI is InChI=1S/C12H14ClN3O4S/c1-20-11(17)3-2-6-14-12(21)15-8-4-5-9(13)10(7-8)16(18)19/h4-5,7H,2-3,6H2,1H3,(H2,14,15,21). The summed E-state index contributed by atoms with van der Waals surface area (Å²) in [4.78, 5) is 21.1. The van der Waals surface area contributed by atoms with Gasteiger partial charge in [-0.3, -0.25) is 14.9 Å². The van der Waals surface area contributed by atoms with E-state index in [0.29, 0.717) is 30.2 Å². The number of carbonyl (C=O) groups excluding carboxylic acids is 1. The largest absolute Gasteiger partial charge is 0.469 e. The average Bonchev–Trinajstić information content (AvgIpc) is 2.45. The van der Waals surface area contributed by atoms with Gasteiger partial charge in [0.15, 0.2) is 5.11 Å². The zero-order chi connectivity index (χ0) is 15.8. The summed E-state index contributed by atoms with van der Waals surface area (Å²) in [5, 5.41) is 16.8. The smallest absolute Gasteiger partial charge is 0.305 e. The SMILES string of the molecule is COC(=O)CCCNC(=S)Nc1ccc(Cl)c([N+](=O)[O-])c1. The Morgan fingerprint density at radius 3 is 2.86 bits per heavy atom. The van der Waals surface area contributed by atoms with Gasteiger partial charge in [-0.25, -0.2) is 0 Å². The molecule has 0 aliphatic carbocycles. The lowest BCUT2D eigenvalue weighted by Crippen LogP contribution is -2.29. The molecule has 0 aromatic heterocycles. The first-order valence-electron chi connectivity index (χ1n) is 5.99. The fourth-order valence-electron chi connectivity index (χ4n) is 1.44. The number of ether oxygens (including phenoxy) is 1. The maximum atomic E-state index is 10.9. The molecule has 0 unspecified atom stereocenters. The van der Waals surface area contributed by atoms with Crippen molar-refractivity contribution in [3.8, 4) is 0 Å². The van der Waals surface area contributed by atoms with Crippen LogP contribution in [0.15, 0.2) is 18.2 Å². The fraction of sp³-hybridized carbons (Fsp3) is 0.333. The Kier molecular flexibility index (Phi) is 6.83. The molecular weight excluding hydrogens is 318 g/mol. The molecule has 1 rings (SSSR count). The number of esters is 1.